The lowest BCUT2D eigenvalue weighted by Crippen LogP contribution is -2.12. The minimum absolute atomic E-state index is 0.0289. The van der Waals surface area contributed by atoms with Gasteiger partial charge in [-0.1, -0.05) is 45.0 Å². The van der Waals surface area contributed by atoms with Gasteiger partial charge >= 0.3 is 6.18 Å². The maximum atomic E-state index is 13.4. The van der Waals surface area contributed by atoms with Crippen molar-refractivity contribution in [1.29, 1.82) is 0 Å². The van der Waals surface area contributed by atoms with Crippen molar-refractivity contribution in [3.63, 3.8) is 0 Å². The average molecular weight is 400 g/mol. The molecule has 0 bridgehead atoms. The summed E-state index contributed by atoms with van der Waals surface area (Å²) in [7, 11) is 1.51. The van der Waals surface area contributed by atoms with Crippen LogP contribution in [0.2, 0.25) is 0 Å². The Morgan fingerprint density at radius 3 is 2.22 bits per heavy atom. The minimum Gasteiger partial charge on any atom is -0.346 e. The third-order valence-electron chi connectivity index (χ3n) is 4.35. The molecule has 0 spiro atoms. The second-order valence-electron chi connectivity index (χ2n) is 7.50. The minimum atomic E-state index is -4.56. The Hall–Kier alpha value is -1.51. The zero-order valence-electron chi connectivity index (χ0n) is 15.8. The summed E-state index contributed by atoms with van der Waals surface area (Å²) in [5.41, 5.74) is 1.33. The molecule has 0 radical (unpaired) electrons. The van der Waals surface area contributed by atoms with Crippen molar-refractivity contribution in [2.24, 2.45) is 7.05 Å². The molecule has 1 aromatic carbocycles. The topological polar surface area (TPSA) is 36.3 Å². The van der Waals surface area contributed by atoms with Crippen LogP contribution in [0.25, 0.3) is 0 Å². The van der Waals surface area contributed by atoms with Gasteiger partial charge in [0.25, 0.3) is 0 Å². The van der Waals surface area contributed by atoms with Gasteiger partial charge in [-0.15, -0.1) is 11.8 Å². The molecule has 0 N–H and O–H groups in total. The number of aryl methyl sites for hydroxylation is 1. The van der Waals surface area contributed by atoms with E-state index < -0.39 is 18.2 Å². The maximum Gasteiger partial charge on any atom is 0.435 e. The number of nitrogens with zero attached hydrogens (tertiary/aromatic N) is 2. The second-order valence-corrected chi connectivity index (χ2v) is 8.46. The van der Waals surface area contributed by atoms with E-state index in [1.165, 1.54) is 29.1 Å². The number of halogens is 3. The smallest absolute Gasteiger partial charge is 0.346 e. The highest BCUT2D eigenvalue weighted by Gasteiger charge is 2.42. The summed E-state index contributed by atoms with van der Waals surface area (Å²) in [4.78, 5) is 0. The van der Waals surface area contributed by atoms with E-state index in [4.69, 9.17) is 9.47 Å². The van der Waals surface area contributed by atoms with Crippen LogP contribution in [0.15, 0.2) is 29.3 Å². The Kier molecular flexibility index (Phi) is 5.61. The molecule has 1 aliphatic rings. The number of rotatable bonds is 4. The van der Waals surface area contributed by atoms with Gasteiger partial charge in [0.1, 0.15) is 5.03 Å². The number of thioether (sulfide) groups is 1. The molecule has 148 valence electrons. The zero-order chi connectivity index (χ0) is 19.8. The Balaban J connectivity index is 1.85. The number of benzene rings is 1. The van der Waals surface area contributed by atoms with Crippen LogP contribution in [0, 0.1) is 0 Å². The van der Waals surface area contributed by atoms with E-state index in [0.717, 1.165) is 5.56 Å². The van der Waals surface area contributed by atoms with Crippen molar-refractivity contribution in [3.8, 4) is 0 Å². The molecule has 1 fully saturated rings. The van der Waals surface area contributed by atoms with Gasteiger partial charge < -0.3 is 9.47 Å². The molecule has 0 atom stereocenters. The lowest BCUT2D eigenvalue weighted by molar-refractivity contribution is -0.146. The van der Waals surface area contributed by atoms with Gasteiger partial charge in [-0.05, 0) is 16.5 Å². The van der Waals surface area contributed by atoms with Gasteiger partial charge in [0, 0.05) is 12.8 Å². The average Bonchev–Trinajstić information content (AvgIpc) is 3.19. The monoisotopic (exact) mass is 400 g/mol. The largest absolute Gasteiger partial charge is 0.435 e. The standard InChI is InChI=1S/C19H23F3N2O2S/c1-18(2,3)13-7-5-12(6-8-13)11-27-16-14(17-25-9-10-26-17)15(19(20,21)22)23-24(16)4/h5-8,17H,9-11H2,1-4H3. The molecule has 2 heterocycles. The van der Waals surface area contributed by atoms with Crippen molar-refractivity contribution in [2.45, 2.75) is 49.4 Å². The van der Waals surface area contributed by atoms with Crippen molar-refractivity contribution in [1.82, 2.24) is 9.78 Å². The predicted molar refractivity (Wildman–Crippen MR) is 97.6 cm³/mol. The lowest BCUT2D eigenvalue weighted by Gasteiger charge is -2.19. The fourth-order valence-electron chi connectivity index (χ4n) is 2.90. The van der Waals surface area contributed by atoms with Crippen LogP contribution in [-0.2, 0) is 33.9 Å². The van der Waals surface area contributed by atoms with E-state index in [0.29, 0.717) is 10.8 Å². The predicted octanol–water partition coefficient (Wildman–Crippen LogP) is 5.07. The van der Waals surface area contributed by atoms with Crippen molar-refractivity contribution in [3.05, 3.63) is 46.6 Å². The fraction of sp³-hybridized carbons (Fsp3) is 0.526. The van der Waals surface area contributed by atoms with E-state index in [2.05, 4.69) is 38.0 Å². The van der Waals surface area contributed by atoms with E-state index in [1.54, 1.807) is 0 Å². The summed E-state index contributed by atoms with van der Waals surface area (Å²) in [5.74, 6) is 0.529. The first-order valence-corrected chi connectivity index (χ1v) is 9.65. The lowest BCUT2D eigenvalue weighted by atomic mass is 9.87. The van der Waals surface area contributed by atoms with E-state index in [1.807, 2.05) is 12.1 Å². The Labute approximate surface area is 161 Å². The highest BCUT2D eigenvalue weighted by molar-refractivity contribution is 7.98. The van der Waals surface area contributed by atoms with Gasteiger partial charge in [0.15, 0.2) is 12.0 Å². The number of ether oxygens (including phenoxy) is 2. The van der Waals surface area contributed by atoms with Crippen LogP contribution < -0.4 is 0 Å². The van der Waals surface area contributed by atoms with Gasteiger partial charge in [-0.3, -0.25) is 4.68 Å². The molecule has 0 unspecified atom stereocenters. The van der Waals surface area contributed by atoms with Crippen LogP contribution in [0.4, 0.5) is 13.2 Å². The molecule has 1 aromatic heterocycles. The van der Waals surface area contributed by atoms with Crippen molar-refractivity contribution < 1.29 is 22.6 Å². The molecule has 0 amide bonds. The summed E-state index contributed by atoms with van der Waals surface area (Å²) in [5, 5.41) is 4.11. The first kappa shape index (κ1) is 20.2. The van der Waals surface area contributed by atoms with Crippen LogP contribution in [0.3, 0.4) is 0 Å². The summed E-state index contributed by atoms with van der Waals surface area (Å²) >= 11 is 1.30. The van der Waals surface area contributed by atoms with Crippen molar-refractivity contribution in [2.75, 3.05) is 13.2 Å². The molecule has 2 aromatic rings. The molecular formula is C19H23F3N2O2S. The zero-order valence-corrected chi connectivity index (χ0v) is 16.6. The Morgan fingerprint density at radius 1 is 1.11 bits per heavy atom. The summed E-state index contributed by atoms with van der Waals surface area (Å²) in [6.07, 6.45) is -5.59. The molecule has 0 saturated carbocycles. The molecule has 4 nitrogen and oxygen atoms in total. The number of hydrogen-bond donors (Lipinski definition) is 0. The summed E-state index contributed by atoms with van der Waals surface area (Å²) in [6, 6.07) is 8.14. The highest BCUT2D eigenvalue weighted by atomic mass is 32.2. The first-order chi connectivity index (χ1) is 12.6. The van der Waals surface area contributed by atoms with Crippen LogP contribution in [-0.4, -0.2) is 23.0 Å². The van der Waals surface area contributed by atoms with E-state index in [-0.39, 0.29) is 24.2 Å². The van der Waals surface area contributed by atoms with Crippen molar-refractivity contribution >= 4 is 11.8 Å². The SMILES string of the molecule is Cn1nc(C(F)(F)F)c(C2OCCO2)c1SCc1ccc(C(C)(C)C)cc1. The number of aromatic nitrogens is 2. The van der Waals surface area contributed by atoms with Gasteiger partial charge in [-0.25, -0.2) is 0 Å². The van der Waals surface area contributed by atoms with Gasteiger partial charge in [0.2, 0.25) is 0 Å². The normalized spacial score (nSPS) is 16.3. The molecule has 3 rings (SSSR count). The molecular weight excluding hydrogens is 377 g/mol. The molecule has 1 aliphatic heterocycles. The van der Waals surface area contributed by atoms with Gasteiger partial charge in [0.05, 0.1) is 18.8 Å². The summed E-state index contributed by atoms with van der Waals surface area (Å²) < 4.78 is 52.2. The second kappa shape index (κ2) is 7.48. The molecule has 27 heavy (non-hydrogen) atoms. The van der Waals surface area contributed by atoms with Gasteiger partial charge in [-0.2, -0.15) is 18.3 Å². The van der Waals surface area contributed by atoms with Crippen LogP contribution >= 0.6 is 11.8 Å². The Bertz CT molecular complexity index is 789. The van der Waals surface area contributed by atoms with E-state index >= 15 is 0 Å². The van der Waals surface area contributed by atoms with E-state index in [9.17, 15) is 13.2 Å². The van der Waals surface area contributed by atoms with Crippen LogP contribution in [0.5, 0.6) is 0 Å². The first-order valence-electron chi connectivity index (χ1n) is 8.67. The molecule has 8 heteroatoms. The maximum absolute atomic E-state index is 13.4. The van der Waals surface area contributed by atoms with Crippen LogP contribution in [0.1, 0.15) is 49.4 Å². The quantitative estimate of drug-likeness (QED) is 0.671. The molecule has 1 saturated heterocycles. The fourth-order valence-corrected chi connectivity index (χ4v) is 3.97. The Morgan fingerprint density at radius 2 is 1.70 bits per heavy atom. The third kappa shape index (κ3) is 4.50. The number of hydrogen-bond acceptors (Lipinski definition) is 4. The molecule has 0 aliphatic carbocycles. The highest BCUT2D eigenvalue weighted by Crippen LogP contribution is 2.42. The third-order valence-corrected chi connectivity index (χ3v) is 5.59. The summed E-state index contributed by atoms with van der Waals surface area (Å²) in [6.45, 7) is 6.96. The number of alkyl halides is 3.